The molecule has 2 atom stereocenters. The number of carboxylic acids is 1. The number of rotatable bonds is 4. The van der Waals surface area contributed by atoms with E-state index >= 15 is 0 Å². The SMILES string of the molecule is O=C(O)C1CSCN1C(=O)CCC1CCCO1. The molecule has 0 saturated carbocycles. The van der Waals surface area contributed by atoms with Crippen molar-refractivity contribution in [3.05, 3.63) is 0 Å². The van der Waals surface area contributed by atoms with Crippen LogP contribution < -0.4 is 0 Å². The van der Waals surface area contributed by atoms with E-state index in [9.17, 15) is 9.59 Å². The maximum absolute atomic E-state index is 11.9. The largest absolute Gasteiger partial charge is 0.480 e. The molecule has 2 unspecified atom stereocenters. The Bertz CT molecular complexity index is 304. The highest BCUT2D eigenvalue weighted by atomic mass is 32.2. The first-order chi connectivity index (χ1) is 8.18. The lowest BCUT2D eigenvalue weighted by Gasteiger charge is -2.21. The Kier molecular flexibility index (Phi) is 4.28. The number of hydrogen-bond acceptors (Lipinski definition) is 4. The minimum atomic E-state index is -0.902. The number of carboxylic acid groups (broad SMARTS) is 1. The lowest BCUT2D eigenvalue weighted by atomic mass is 10.1. The predicted molar refractivity (Wildman–Crippen MR) is 63.8 cm³/mol. The first-order valence-corrected chi connectivity index (χ1v) is 7.05. The number of nitrogens with zero attached hydrogens (tertiary/aromatic N) is 1. The zero-order valence-corrected chi connectivity index (χ0v) is 10.4. The Labute approximate surface area is 104 Å². The summed E-state index contributed by atoms with van der Waals surface area (Å²) in [7, 11) is 0. The number of thioether (sulfide) groups is 1. The highest BCUT2D eigenvalue weighted by Gasteiger charge is 2.34. The average Bonchev–Trinajstić information content (AvgIpc) is 2.96. The molecule has 2 saturated heterocycles. The Morgan fingerprint density at radius 1 is 1.47 bits per heavy atom. The zero-order chi connectivity index (χ0) is 12.3. The first-order valence-electron chi connectivity index (χ1n) is 5.90. The van der Waals surface area contributed by atoms with Crippen LogP contribution >= 0.6 is 11.8 Å². The smallest absolute Gasteiger partial charge is 0.327 e. The second kappa shape index (κ2) is 5.73. The molecule has 96 valence electrons. The molecule has 0 aromatic heterocycles. The van der Waals surface area contributed by atoms with Crippen molar-refractivity contribution >= 4 is 23.6 Å². The van der Waals surface area contributed by atoms with Crippen LogP contribution in [0.4, 0.5) is 0 Å². The number of aliphatic carboxylic acids is 1. The molecule has 2 aliphatic heterocycles. The molecular weight excluding hydrogens is 242 g/mol. The van der Waals surface area contributed by atoms with Crippen molar-refractivity contribution in [2.45, 2.75) is 37.8 Å². The van der Waals surface area contributed by atoms with Crippen molar-refractivity contribution < 1.29 is 19.4 Å². The van der Waals surface area contributed by atoms with E-state index in [2.05, 4.69) is 0 Å². The molecule has 2 heterocycles. The number of amides is 1. The van der Waals surface area contributed by atoms with Crippen LogP contribution in [0.15, 0.2) is 0 Å². The molecule has 1 amide bonds. The fourth-order valence-electron chi connectivity index (χ4n) is 2.19. The molecule has 0 spiro atoms. The fraction of sp³-hybridized carbons (Fsp3) is 0.818. The van der Waals surface area contributed by atoms with E-state index in [4.69, 9.17) is 9.84 Å². The molecule has 0 aromatic rings. The summed E-state index contributed by atoms with van der Waals surface area (Å²) in [6.07, 6.45) is 3.39. The predicted octanol–water partition coefficient (Wildman–Crippen LogP) is 0.932. The Hall–Kier alpha value is -0.750. The molecule has 6 heteroatoms. The molecule has 0 aromatic carbocycles. The highest BCUT2D eigenvalue weighted by Crippen LogP contribution is 2.23. The summed E-state index contributed by atoms with van der Waals surface area (Å²) in [6, 6.07) is -0.642. The minimum absolute atomic E-state index is 0.0575. The molecule has 2 aliphatic rings. The summed E-state index contributed by atoms with van der Waals surface area (Å²) in [5.41, 5.74) is 0. The van der Waals surface area contributed by atoms with Gasteiger partial charge in [-0.2, -0.15) is 0 Å². The maximum atomic E-state index is 11.9. The van der Waals surface area contributed by atoms with E-state index < -0.39 is 12.0 Å². The van der Waals surface area contributed by atoms with Crippen molar-refractivity contribution in [3.63, 3.8) is 0 Å². The fourth-order valence-corrected chi connectivity index (χ4v) is 3.36. The van der Waals surface area contributed by atoms with Crippen molar-refractivity contribution in [1.82, 2.24) is 4.90 Å². The average molecular weight is 259 g/mol. The van der Waals surface area contributed by atoms with Gasteiger partial charge in [0, 0.05) is 18.8 Å². The summed E-state index contributed by atoms with van der Waals surface area (Å²) < 4.78 is 5.45. The van der Waals surface area contributed by atoms with Gasteiger partial charge in [-0.15, -0.1) is 11.8 Å². The normalized spacial score (nSPS) is 28.6. The van der Waals surface area contributed by atoms with Crippen LogP contribution in [0.25, 0.3) is 0 Å². The van der Waals surface area contributed by atoms with Crippen LogP contribution in [0, 0.1) is 0 Å². The third kappa shape index (κ3) is 3.13. The van der Waals surface area contributed by atoms with Gasteiger partial charge >= 0.3 is 5.97 Å². The summed E-state index contributed by atoms with van der Waals surface area (Å²) in [6.45, 7) is 0.788. The van der Waals surface area contributed by atoms with Crippen LogP contribution in [0.5, 0.6) is 0 Å². The van der Waals surface area contributed by atoms with Crippen molar-refractivity contribution in [2.24, 2.45) is 0 Å². The highest BCUT2D eigenvalue weighted by molar-refractivity contribution is 7.99. The van der Waals surface area contributed by atoms with Crippen LogP contribution in [0.1, 0.15) is 25.7 Å². The standard InChI is InChI=1S/C11H17NO4S/c13-10(4-3-8-2-1-5-16-8)12-7-17-6-9(12)11(14)15/h8-9H,1-7H2,(H,14,15). The van der Waals surface area contributed by atoms with Crippen molar-refractivity contribution in [3.8, 4) is 0 Å². The number of carbonyl (C=O) groups excluding carboxylic acids is 1. The lowest BCUT2D eigenvalue weighted by Crippen LogP contribution is -2.41. The Balaban J connectivity index is 1.80. The van der Waals surface area contributed by atoms with Crippen LogP contribution in [-0.2, 0) is 14.3 Å². The van der Waals surface area contributed by atoms with Crippen LogP contribution in [0.2, 0.25) is 0 Å². The molecule has 17 heavy (non-hydrogen) atoms. The second-order valence-corrected chi connectivity index (χ2v) is 5.39. The Morgan fingerprint density at radius 3 is 2.94 bits per heavy atom. The van der Waals surface area contributed by atoms with E-state index in [1.54, 1.807) is 0 Å². The molecule has 0 radical (unpaired) electrons. The van der Waals surface area contributed by atoms with Gasteiger partial charge in [-0.1, -0.05) is 0 Å². The van der Waals surface area contributed by atoms with E-state index in [-0.39, 0.29) is 12.0 Å². The van der Waals surface area contributed by atoms with Gasteiger partial charge in [-0.3, -0.25) is 4.79 Å². The lowest BCUT2D eigenvalue weighted by molar-refractivity contribution is -0.147. The quantitative estimate of drug-likeness (QED) is 0.813. The molecule has 0 aliphatic carbocycles. The van der Waals surface area contributed by atoms with Gasteiger partial charge in [-0.05, 0) is 19.3 Å². The molecule has 5 nitrogen and oxygen atoms in total. The molecular formula is C11H17NO4S. The van der Waals surface area contributed by atoms with E-state index in [0.29, 0.717) is 24.5 Å². The third-order valence-corrected chi connectivity index (χ3v) is 4.20. The first kappa shape index (κ1) is 12.7. The van der Waals surface area contributed by atoms with E-state index in [1.807, 2.05) is 0 Å². The maximum Gasteiger partial charge on any atom is 0.327 e. The number of hydrogen-bond donors (Lipinski definition) is 1. The van der Waals surface area contributed by atoms with Crippen LogP contribution in [0.3, 0.4) is 0 Å². The number of ether oxygens (including phenoxy) is 1. The van der Waals surface area contributed by atoms with Gasteiger partial charge in [0.05, 0.1) is 12.0 Å². The minimum Gasteiger partial charge on any atom is -0.480 e. The zero-order valence-electron chi connectivity index (χ0n) is 9.63. The molecule has 0 bridgehead atoms. The molecule has 2 fully saturated rings. The van der Waals surface area contributed by atoms with Gasteiger partial charge in [0.1, 0.15) is 6.04 Å². The van der Waals surface area contributed by atoms with Gasteiger partial charge in [0.25, 0.3) is 0 Å². The summed E-state index contributed by atoms with van der Waals surface area (Å²) >= 11 is 1.50. The van der Waals surface area contributed by atoms with Crippen LogP contribution in [-0.4, -0.2) is 52.3 Å². The van der Waals surface area contributed by atoms with E-state index in [1.165, 1.54) is 16.7 Å². The van der Waals surface area contributed by atoms with Crippen molar-refractivity contribution in [2.75, 3.05) is 18.2 Å². The van der Waals surface area contributed by atoms with Gasteiger partial charge in [0.15, 0.2) is 0 Å². The van der Waals surface area contributed by atoms with Gasteiger partial charge in [0.2, 0.25) is 5.91 Å². The monoisotopic (exact) mass is 259 g/mol. The Morgan fingerprint density at radius 2 is 2.29 bits per heavy atom. The topological polar surface area (TPSA) is 66.8 Å². The number of carbonyl (C=O) groups is 2. The summed E-state index contributed by atoms with van der Waals surface area (Å²) in [5, 5.41) is 8.98. The summed E-state index contributed by atoms with van der Waals surface area (Å²) in [5.74, 6) is 0.0425. The molecule has 2 rings (SSSR count). The third-order valence-electron chi connectivity index (χ3n) is 3.19. The van der Waals surface area contributed by atoms with E-state index in [0.717, 1.165) is 19.4 Å². The van der Waals surface area contributed by atoms with Gasteiger partial charge < -0.3 is 14.7 Å². The molecule has 1 N–H and O–H groups in total. The summed E-state index contributed by atoms with van der Waals surface area (Å²) in [4.78, 5) is 24.3. The van der Waals surface area contributed by atoms with Gasteiger partial charge in [-0.25, -0.2) is 4.79 Å². The van der Waals surface area contributed by atoms with Crippen molar-refractivity contribution in [1.29, 1.82) is 0 Å². The second-order valence-electron chi connectivity index (χ2n) is 4.39.